The minimum atomic E-state index is -0.859. The summed E-state index contributed by atoms with van der Waals surface area (Å²) in [6, 6.07) is 7.00. The number of aliphatic carboxylic acids is 1. The first-order chi connectivity index (χ1) is 11.2. The third-order valence-electron chi connectivity index (χ3n) is 3.88. The van der Waals surface area contributed by atoms with E-state index in [-0.39, 0.29) is 6.61 Å². The molecule has 0 aliphatic carbocycles. The van der Waals surface area contributed by atoms with Gasteiger partial charge >= 0.3 is 5.97 Å². The van der Waals surface area contributed by atoms with Crippen LogP contribution in [0.3, 0.4) is 0 Å². The molecule has 7 nitrogen and oxygen atoms in total. The number of nitrogens with zero attached hydrogens (tertiary/aromatic N) is 3. The van der Waals surface area contributed by atoms with Crippen molar-refractivity contribution in [3.63, 3.8) is 0 Å². The van der Waals surface area contributed by atoms with Crippen molar-refractivity contribution >= 4 is 5.97 Å². The number of carbonyl (C=O) groups is 1. The van der Waals surface area contributed by atoms with Gasteiger partial charge < -0.3 is 14.6 Å². The fourth-order valence-corrected chi connectivity index (χ4v) is 2.68. The molecule has 2 aromatic rings. The predicted molar refractivity (Wildman–Crippen MR) is 82.8 cm³/mol. The molecule has 0 bridgehead atoms. The molecule has 1 atom stereocenters. The molecule has 1 saturated heterocycles. The highest BCUT2D eigenvalue weighted by atomic mass is 16.5. The van der Waals surface area contributed by atoms with E-state index in [4.69, 9.17) is 9.47 Å². The summed E-state index contributed by atoms with van der Waals surface area (Å²) < 4.78 is 12.3. The Bertz CT molecular complexity index is 685. The lowest BCUT2D eigenvalue weighted by Crippen LogP contribution is -2.49. The molecule has 1 aromatic heterocycles. The standard InChI is InChI=1S/C16H19N3O4/c1-22-15-5-3-2-4-13(15)19-10-12(8-17-19)9-18-6-7-23-11-14(18)16(20)21/h2-5,8,10,14H,6-7,9,11H2,1H3,(H,20,21)/t14-/m1/s1. The van der Waals surface area contributed by atoms with E-state index in [0.29, 0.717) is 19.7 Å². The van der Waals surface area contributed by atoms with Crippen molar-refractivity contribution in [3.05, 3.63) is 42.2 Å². The van der Waals surface area contributed by atoms with Crippen molar-refractivity contribution in [2.24, 2.45) is 0 Å². The zero-order chi connectivity index (χ0) is 16.2. The summed E-state index contributed by atoms with van der Waals surface area (Å²) in [5, 5.41) is 13.6. The Labute approximate surface area is 134 Å². The first-order valence-electron chi connectivity index (χ1n) is 7.40. The highest BCUT2D eigenvalue weighted by molar-refractivity contribution is 5.73. The van der Waals surface area contributed by atoms with E-state index in [1.165, 1.54) is 0 Å². The van der Waals surface area contributed by atoms with Crippen LogP contribution in [0.15, 0.2) is 36.7 Å². The molecule has 1 fully saturated rings. The number of benzene rings is 1. The van der Waals surface area contributed by atoms with Gasteiger partial charge in [-0.25, -0.2) is 4.68 Å². The topological polar surface area (TPSA) is 76.8 Å². The fourth-order valence-electron chi connectivity index (χ4n) is 2.68. The Morgan fingerprint density at radius 3 is 3.09 bits per heavy atom. The summed E-state index contributed by atoms with van der Waals surface area (Å²) in [6.45, 7) is 1.88. The monoisotopic (exact) mass is 317 g/mol. The average molecular weight is 317 g/mol. The Morgan fingerprint density at radius 2 is 2.30 bits per heavy atom. The van der Waals surface area contributed by atoms with Gasteiger partial charge in [0.05, 0.1) is 26.5 Å². The van der Waals surface area contributed by atoms with Crippen LogP contribution < -0.4 is 4.74 Å². The summed E-state index contributed by atoms with van der Waals surface area (Å²) in [4.78, 5) is 13.2. The third kappa shape index (κ3) is 3.35. The minimum absolute atomic E-state index is 0.218. The van der Waals surface area contributed by atoms with E-state index in [0.717, 1.165) is 17.0 Å². The zero-order valence-electron chi connectivity index (χ0n) is 12.9. The van der Waals surface area contributed by atoms with Gasteiger partial charge in [-0.05, 0) is 12.1 Å². The maximum atomic E-state index is 11.3. The van der Waals surface area contributed by atoms with Crippen LogP contribution in [0.5, 0.6) is 5.75 Å². The molecule has 3 rings (SSSR count). The maximum absolute atomic E-state index is 11.3. The largest absolute Gasteiger partial charge is 0.494 e. The second-order valence-corrected chi connectivity index (χ2v) is 5.36. The highest BCUT2D eigenvalue weighted by Gasteiger charge is 2.29. The van der Waals surface area contributed by atoms with Gasteiger partial charge in [0.25, 0.3) is 0 Å². The van der Waals surface area contributed by atoms with E-state index in [9.17, 15) is 9.90 Å². The molecule has 23 heavy (non-hydrogen) atoms. The average Bonchev–Trinajstić information content (AvgIpc) is 3.03. The molecule has 122 valence electrons. The molecular weight excluding hydrogens is 298 g/mol. The quantitative estimate of drug-likeness (QED) is 0.892. The van der Waals surface area contributed by atoms with E-state index in [1.807, 2.05) is 35.4 Å². The van der Waals surface area contributed by atoms with Gasteiger partial charge in [-0.3, -0.25) is 9.69 Å². The summed E-state index contributed by atoms with van der Waals surface area (Å²) in [5.41, 5.74) is 1.79. The number of hydrogen-bond acceptors (Lipinski definition) is 5. The Kier molecular flexibility index (Phi) is 4.59. The highest BCUT2D eigenvalue weighted by Crippen LogP contribution is 2.22. The smallest absolute Gasteiger partial charge is 0.323 e. The predicted octanol–water partition coefficient (Wildman–Crippen LogP) is 1.17. The maximum Gasteiger partial charge on any atom is 0.323 e. The summed E-state index contributed by atoms with van der Waals surface area (Å²) >= 11 is 0. The molecule has 0 radical (unpaired) electrons. The van der Waals surface area contributed by atoms with Gasteiger partial charge in [0.15, 0.2) is 0 Å². The van der Waals surface area contributed by atoms with E-state index in [1.54, 1.807) is 18.0 Å². The Morgan fingerprint density at radius 1 is 1.48 bits per heavy atom. The van der Waals surface area contributed by atoms with Crippen LogP contribution in [0.1, 0.15) is 5.56 Å². The molecule has 0 spiro atoms. The molecule has 7 heteroatoms. The Balaban J connectivity index is 1.78. The van der Waals surface area contributed by atoms with Crippen LogP contribution >= 0.6 is 0 Å². The first-order valence-corrected chi connectivity index (χ1v) is 7.40. The number of morpholine rings is 1. The number of carboxylic acids is 1. The lowest BCUT2D eigenvalue weighted by Gasteiger charge is -2.32. The van der Waals surface area contributed by atoms with E-state index < -0.39 is 12.0 Å². The van der Waals surface area contributed by atoms with Gasteiger partial charge in [0.2, 0.25) is 0 Å². The van der Waals surface area contributed by atoms with Gasteiger partial charge in [-0.1, -0.05) is 12.1 Å². The van der Waals surface area contributed by atoms with Crippen LogP contribution in [0, 0.1) is 0 Å². The minimum Gasteiger partial charge on any atom is -0.494 e. The lowest BCUT2D eigenvalue weighted by atomic mass is 10.2. The summed E-state index contributed by atoms with van der Waals surface area (Å²) in [5.74, 6) is -0.126. The molecule has 1 aromatic carbocycles. The van der Waals surface area contributed by atoms with Crippen molar-refractivity contribution in [3.8, 4) is 11.4 Å². The van der Waals surface area contributed by atoms with E-state index in [2.05, 4.69) is 5.10 Å². The number of ether oxygens (including phenoxy) is 2. The lowest BCUT2D eigenvalue weighted by molar-refractivity contribution is -0.150. The third-order valence-corrected chi connectivity index (χ3v) is 3.88. The van der Waals surface area contributed by atoms with Crippen molar-refractivity contribution in [2.75, 3.05) is 26.9 Å². The molecule has 2 heterocycles. The molecule has 0 unspecified atom stereocenters. The van der Waals surface area contributed by atoms with Crippen LogP contribution in [-0.2, 0) is 16.1 Å². The second kappa shape index (κ2) is 6.80. The SMILES string of the molecule is COc1ccccc1-n1cc(CN2CCOC[C@@H]2C(=O)O)cn1. The zero-order valence-corrected chi connectivity index (χ0v) is 12.9. The number of carboxylic acid groups (broad SMARTS) is 1. The normalized spacial score (nSPS) is 18.7. The molecule has 0 amide bonds. The van der Waals surface area contributed by atoms with Crippen LogP contribution in [0.4, 0.5) is 0 Å². The molecule has 1 aliphatic heterocycles. The molecule has 0 saturated carbocycles. The molecular formula is C16H19N3O4. The summed E-state index contributed by atoms with van der Waals surface area (Å²) in [6.07, 6.45) is 3.65. The van der Waals surface area contributed by atoms with Crippen molar-refractivity contribution in [1.82, 2.24) is 14.7 Å². The molecule has 1 N–H and O–H groups in total. The van der Waals surface area contributed by atoms with Crippen molar-refractivity contribution < 1.29 is 19.4 Å². The number of para-hydroxylation sites is 2. The van der Waals surface area contributed by atoms with Crippen LogP contribution in [0.2, 0.25) is 0 Å². The van der Waals surface area contributed by atoms with Gasteiger partial charge in [0.1, 0.15) is 17.5 Å². The van der Waals surface area contributed by atoms with E-state index >= 15 is 0 Å². The number of aromatic nitrogens is 2. The molecule has 1 aliphatic rings. The number of methoxy groups -OCH3 is 1. The van der Waals surface area contributed by atoms with Crippen molar-refractivity contribution in [2.45, 2.75) is 12.6 Å². The second-order valence-electron chi connectivity index (χ2n) is 5.36. The number of hydrogen-bond donors (Lipinski definition) is 1. The van der Waals surface area contributed by atoms with Gasteiger partial charge in [0, 0.05) is 24.8 Å². The van der Waals surface area contributed by atoms with Crippen molar-refractivity contribution in [1.29, 1.82) is 0 Å². The van der Waals surface area contributed by atoms with Crippen LogP contribution in [0.25, 0.3) is 5.69 Å². The fraction of sp³-hybridized carbons (Fsp3) is 0.375. The first kappa shape index (κ1) is 15.5. The Hall–Kier alpha value is -2.38. The summed E-state index contributed by atoms with van der Waals surface area (Å²) in [7, 11) is 1.62. The number of rotatable bonds is 5. The van der Waals surface area contributed by atoms with Gasteiger partial charge in [-0.2, -0.15) is 5.10 Å². The van der Waals surface area contributed by atoms with Crippen LogP contribution in [-0.4, -0.2) is 58.7 Å². The van der Waals surface area contributed by atoms with Gasteiger partial charge in [-0.15, -0.1) is 0 Å².